The summed E-state index contributed by atoms with van der Waals surface area (Å²) in [6.45, 7) is 0.842. The summed E-state index contributed by atoms with van der Waals surface area (Å²) in [4.78, 5) is 13.1. The molecular formula is C13H17F3N2O2. The van der Waals surface area contributed by atoms with Crippen molar-refractivity contribution in [2.75, 3.05) is 33.8 Å². The first kappa shape index (κ1) is 16.3. The predicted octanol–water partition coefficient (Wildman–Crippen LogP) is 1.76. The maximum Gasteiger partial charge on any atom is 0.416 e. The Bertz CT molecular complexity index is 449. The summed E-state index contributed by atoms with van der Waals surface area (Å²) in [6, 6.07) is 4.46. The lowest BCUT2D eigenvalue weighted by atomic mass is 10.2. The van der Waals surface area contributed by atoms with E-state index in [9.17, 15) is 18.0 Å². The smallest absolute Gasteiger partial charge is 0.416 e. The zero-order valence-electron chi connectivity index (χ0n) is 11.3. The fourth-order valence-corrected chi connectivity index (χ4v) is 1.42. The summed E-state index contributed by atoms with van der Waals surface area (Å²) in [5, 5.41) is 2.89. The van der Waals surface area contributed by atoms with Crippen molar-refractivity contribution in [3.63, 3.8) is 0 Å². The van der Waals surface area contributed by atoms with Crippen molar-refractivity contribution >= 4 is 5.91 Å². The molecule has 112 valence electrons. The Labute approximate surface area is 115 Å². The summed E-state index contributed by atoms with van der Waals surface area (Å²) in [5.74, 6) is -0.271. The van der Waals surface area contributed by atoms with Crippen molar-refractivity contribution in [3.8, 4) is 5.75 Å². The van der Waals surface area contributed by atoms with Crippen LogP contribution in [-0.4, -0.2) is 44.6 Å². The SMILES string of the molecule is CNCCN(C)C(=O)COc1cccc(C(F)(F)F)c1. The van der Waals surface area contributed by atoms with Crippen molar-refractivity contribution in [1.29, 1.82) is 0 Å². The van der Waals surface area contributed by atoms with Gasteiger partial charge in [-0.2, -0.15) is 13.2 Å². The largest absolute Gasteiger partial charge is 0.484 e. The van der Waals surface area contributed by atoms with Crippen LogP contribution in [0, 0.1) is 0 Å². The van der Waals surface area contributed by atoms with Crippen LogP contribution >= 0.6 is 0 Å². The number of hydrogen-bond acceptors (Lipinski definition) is 3. The zero-order valence-corrected chi connectivity index (χ0v) is 11.3. The highest BCUT2D eigenvalue weighted by atomic mass is 19.4. The molecule has 0 fully saturated rings. The van der Waals surface area contributed by atoms with Crippen LogP contribution in [-0.2, 0) is 11.0 Å². The van der Waals surface area contributed by atoms with Gasteiger partial charge in [0.25, 0.3) is 5.91 Å². The van der Waals surface area contributed by atoms with Gasteiger partial charge in [-0.15, -0.1) is 0 Å². The predicted molar refractivity (Wildman–Crippen MR) is 68.5 cm³/mol. The quantitative estimate of drug-likeness (QED) is 0.868. The van der Waals surface area contributed by atoms with Crippen LogP contribution in [0.5, 0.6) is 5.75 Å². The van der Waals surface area contributed by atoms with Crippen LogP contribution in [0.15, 0.2) is 24.3 Å². The minimum Gasteiger partial charge on any atom is -0.484 e. The molecule has 1 amide bonds. The first-order valence-electron chi connectivity index (χ1n) is 6.03. The summed E-state index contributed by atoms with van der Waals surface area (Å²) in [5.41, 5.74) is -0.800. The second-order valence-corrected chi connectivity index (χ2v) is 4.23. The summed E-state index contributed by atoms with van der Waals surface area (Å²) in [7, 11) is 3.37. The van der Waals surface area contributed by atoms with E-state index in [1.807, 2.05) is 0 Å². The number of rotatable bonds is 6. The fraction of sp³-hybridized carbons (Fsp3) is 0.462. The van der Waals surface area contributed by atoms with E-state index in [0.717, 1.165) is 12.1 Å². The molecule has 20 heavy (non-hydrogen) atoms. The minimum atomic E-state index is -4.42. The van der Waals surface area contributed by atoms with Gasteiger partial charge in [-0.3, -0.25) is 4.79 Å². The number of carbonyl (C=O) groups is 1. The summed E-state index contributed by atoms with van der Waals surface area (Å²) >= 11 is 0. The van der Waals surface area contributed by atoms with E-state index in [0.29, 0.717) is 13.1 Å². The van der Waals surface area contributed by atoms with Crippen LogP contribution in [0.25, 0.3) is 0 Å². The molecule has 0 radical (unpaired) electrons. The summed E-state index contributed by atoms with van der Waals surface area (Å²) in [6.07, 6.45) is -4.42. The van der Waals surface area contributed by atoms with E-state index in [1.54, 1.807) is 14.1 Å². The molecule has 1 rings (SSSR count). The van der Waals surface area contributed by atoms with Crippen LogP contribution in [0.4, 0.5) is 13.2 Å². The Kier molecular flexibility index (Phi) is 5.82. The second kappa shape index (κ2) is 7.14. The molecule has 0 saturated heterocycles. The topological polar surface area (TPSA) is 41.6 Å². The number of nitrogens with zero attached hydrogens (tertiary/aromatic N) is 1. The molecule has 7 heteroatoms. The van der Waals surface area contributed by atoms with E-state index < -0.39 is 11.7 Å². The molecular weight excluding hydrogens is 273 g/mol. The molecule has 0 aliphatic heterocycles. The molecule has 0 bridgehead atoms. The van der Waals surface area contributed by atoms with Gasteiger partial charge in [0.2, 0.25) is 0 Å². The molecule has 0 spiro atoms. The van der Waals surface area contributed by atoms with Gasteiger partial charge < -0.3 is 15.0 Å². The third kappa shape index (κ3) is 5.08. The summed E-state index contributed by atoms with van der Waals surface area (Å²) < 4.78 is 42.6. The normalized spacial score (nSPS) is 11.2. The number of amides is 1. The van der Waals surface area contributed by atoms with E-state index in [-0.39, 0.29) is 18.3 Å². The van der Waals surface area contributed by atoms with E-state index in [1.165, 1.54) is 17.0 Å². The molecule has 0 aliphatic carbocycles. The first-order valence-corrected chi connectivity index (χ1v) is 6.03. The van der Waals surface area contributed by atoms with Crippen molar-refractivity contribution in [2.45, 2.75) is 6.18 Å². The highest BCUT2D eigenvalue weighted by molar-refractivity contribution is 5.77. The number of alkyl halides is 3. The molecule has 0 aliphatic rings. The van der Waals surface area contributed by atoms with E-state index in [2.05, 4.69) is 5.32 Å². The van der Waals surface area contributed by atoms with Gasteiger partial charge in [0.1, 0.15) is 5.75 Å². The molecule has 1 N–H and O–H groups in total. The highest BCUT2D eigenvalue weighted by Gasteiger charge is 2.30. The maximum atomic E-state index is 12.5. The Morgan fingerprint density at radius 1 is 1.40 bits per heavy atom. The molecule has 1 aromatic rings. The second-order valence-electron chi connectivity index (χ2n) is 4.23. The van der Waals surface area contributed by atoms with Crippen molar-refractivity contribution in [1.82, 2.24) is 10.2 Å². The van der Waals surface area contributed by atoms with Crippen LogP contribution in [0.3, 0.4) is 0 Å². The third-order valence-corrected chi connectivity index (χ3v) is 2.65. The van der Waals surface area contributed by atoms with Crippen LogP contribution in [0.1, 0.15) is 5.56 Å². The lowest BCUT2D eigenvalue weighted by Crippen LogP contribution is -2.35. The highest BCUT2D eigenvalue weighted by Crippen LogP contribution is 2.31. The number of nitrogens with one attached hydrogen (secondary N) is 1. The number of ether oxygens (including phenoxy) is 1. The number of likely N-dealkylation sites (N-methyl/N-ethyl adjacent to an activating group) is 2. The first-order chi connectivity index (χ1) is 9.34. The number of carbonyl (C=O) groups excluding carboxylic acids is 1. The van der Waals surface area contributed by atoms with Gasteiger partial charge in [-0.1, -0.05) is 6.07 Å². The van der Waals surface area contributed by atoms with Crippen LogP contribution < -0.4 is 10.1 Å². The standard InChI is InChI=1S/C13H17F3N2O2/c1-17-6-7-18(2)12(19)9-20-11-5-3-4-10(8-11)13(14,15)16/h3-5,8,17H,6-7,9H2,1-2H3. The number of hydrogen-bond donors (Lipinski definition) is 1. The van der Waals surface area contributed by atoms with Gasteiger partial charge in [0.15, 0.2) is 6.61 Å². The molecule has 0 atom stereocenters. The van der Waals surface area contributed by atoms with Gasteiger partial charge in [-0.05, 0) is 25.2 Å². The lowest BCUT2D eigenvalue weighted by Gasteiger charge is -2.17. The lowest BCUT2D eigenvalue weighted by molar-refractivity contribution is -0.137. The zero-order chi connectivity index (χ0) is 15.2. The van der Waals surface area contributed by atoms with Crippen LogP contribution in [0.2, 0.25) is 0 Å². The maximum absolute atomic E-state index is 12.5. The molecule has 4 nitrogen and oxygen atoms in total. The van der Waals surface area contributed by atoms with Crippen molar-refractivity contribution in [3.05, 3.63) is 29.8 Å². The van der Waals surface area contributed by atoms with Crippen molar-refractivity contribution in [2.24, 2.45) is 0 Å². The van der Waals surface area contributed by atoms with E-state index in [4.69, 9.17) is 4.74 Å². The third-order valence-electron chi connectivity index (χ3n) is 2.65. The van der Waals surface area contributed by atoms with Gasteiger partial charge in [0.05, 0.1) is 5.56 Å². The van der Waals surface area contributed by atoms with Gasteiger partial charge in [-0.25, -0.2) is 0 Å². The molecule has 0 heterocycles. The molecule has 0 aromatic heterocycles. The Morgan fingerprint density at radius 2 is 2.10 bits per heavy atom. The Morgan fingerprint density at radius 3 is 2.70 bits per heavy atom. The van der Waals surface area contributed by atoms with Gasteiger partial charge in [0, 0.05) is 20.1 Å². The fourth-order valence-electron chi connectivity index (χ4n) is 1.42. The minimum absolute atomic E-state index is 0.0233. The van der Waals surface area contributed by atoms with Gasteiger partial charge >= 0.3 is 6.18 Å². The molecule has 0 saturated carbocycles. The Hall–Kier alpha value is -1.76. The number of halogens is 3. The monoisotopic (exact) mass is 290 g/mol. The van der Waals surface area contributed by atoms with E-state index >= 15 is 0 Å². The average molecular weight is 290 g/mol. The van der Waals surface area contributed by atoms with Crippen molar-refractivity contribution < 1.29 is 22.7 Å². The Balaban J connectivity index is 2.55. The number of benzene rings is 1. The average Bonchev–Trinajstić information content (AvgIpc) is 2.41. The molecule has 0 unspecified atom stereocenters. The molecule has 1 aromatic carbocycles.